The van der Waals surface area contributed by atoms with Crippen molar-refractivity contribution in [3.8, 4) is 0 Å². The number of hydrogen-bond donors (Lipinski definition) is 1. The molecule has 1 unspecified atom stereocenters. The van der Waals surface area contributed by atoms with E-state index in [9.17, 15) is 0 Å². The topological polar surface area (TPSA) is 20.2 Å². The molecule has 2 heteroatoms. The van der Waals surface area contributed by atoms with Crippen molar-refractivity contribution in [1.29, 1.82) is 0 Å². The van der Waals surface area contributed by atoms with E-state index in [1.165, 1.54) is 89.9 Å². The van der Waals surface area contributed by atoms with Gasteiger partial charge in [0.1, 0.15) is 5.01 Å². The maximum Gasteiger partial charge on any atom is 0.109 e. The molecule has 1 nitrogen and oxygen atoms in total. The van der Waals surface area contributed by atoms with Crippen LogP contribution in [0.5, 0.6) is 0 Å². The molecule has 0 aliphatic rings. The van der Waals surface area contributed by atoms with Crippen LogP contribution in [0.4, 0.5) is 0 Å². The molecule has 20 heavy (non-hydrogen) atoms. The normalized spacial score (nSPS) is 12.8. The second-order valence-electron chi connectivity index (χ2n) is 6.17. The van der Waals surface area contributed by atoms with Gasteiger partial charge in [0.25, 0.3) is 0 Å². The molecule has 0 radical (unpaired) electrons. The highest BCUT2D eigenvalue weighted by atomic mass is 79.9. The van der Waals surface area contributed by atoms with Gasteiger partial charge >= 0.3 is 0 Å². The van der Waals surface area contributed by atoms with Gasteiger partial charge in [-0.15, -0.1) is 0 Å². The minimum Gasteiger partial charge on any atom is -0.382 e. The number of alkyl halides is 1. The molecule has 0 aromatic heterocycles. The van der Waals surface area contributed by atoms with E-state index < -0.39 is 0 Å². The summed E-state index contributed by atoms with van der Waals surface area (Å²) in [6.07, 6.45) is 21.8. The summed E-state index contributed by atoms with van der Waals surface area (Å²) in [5.74, 6) is 0. The fourth-order valence-corrected chi connectivity index (χ4v) is 3.01. The molecule has 0 saturated carbocycles. The predicted octanol–water partition coefficient (Wildman–Crippen LogP) is 6.96. The lowest BCUT2D eigenvalue weighted by molar-refractivity contribution is 0.254. The van der Waals surface area contributed by atoms with Crippen LogP contribution < -0.4 is 0 Å². The van der Waals surface area contributed by atoms with Gasteiger partial charge in [-0.25, -0.2) is 0 Å². The van der Waals surface area contributed by atoms with Crippen LogP contribution in [0, 0.1) is 0 Å². The Hall–Kier alpha value is 0.440. The monoisotopic (exact) mass is 348 g/mol. The largest absolute Gasteiger partial charge is 0.382 e. The van der Waals surface area contributed by atoms with Crippen molar-refractivity contribution in [2.75, 3.05) is 0 Å². The third-order valence-corrected chi connectivity index (χ3v) is 4.50. The van der Waals surface area contributed by atoms with Crippen LogP contribution in [-0.2, 0) is 0 Å². The molecule has 0 aliphatic carbocycles. The molecule has 0 aliphatic heterocycles. The molecule has 0 aromatic carbocycles. The number of rotatable bonds is 16. The second kappa shape index (κ2) is 17.5. The summed E-state index contributed by atoms with van der Waals surface area (Å²) in [5, 5.41) is 8.79. The molecule has 0 heterocycles. The van der Waals surface area contributed by atoms with Gasteiger partial charge in [0.15, 0.2) is 0 Å². The Morgan fingerprint density at radius 3 is 1.20 bits per heavy atom. The van der Waals surface area contributed by atoms with Crippen molar-refractivity contribution < 1.29 is 5.11 Å². The lowest BCUT2D eigenvalue weighted by Gasteiger charge is -2.04. The van der Waals surface area contributed by atoms with Crippen molar-refractivity contribution in [3.63, 3.8) is 0 Å². The van der Waals surface area contributed by atoms with Gasteiger partial charge in [-0.3, -0.25) is 0 Å². The highest BCUT2D eigenvalue weighted by Gasteiger charge is 1.97. The molecule has 122 valence electrons. The van der Waals surface area contributed by atoms with Crippen molar-refractivity contribution in [2.45, 2.75) is 115 Å². The van der Waals surface area contributed by atoms with Crippen molar-refractivity contribution in [1.82, 2.24) is 0 Å². The van der Waals surface area contributed by atoms with Gasteiger partial charge in [-0.2, -0.15) is 0 Å². The summed E-state index contributed by atoms with van der Waals surface area (Å²) in [4.78, 5) is 0. The van der Waals surface area contributed by atoms with E-state index in [0.717, 1.165) is 12.8 Å². The maximum atomic E-state index is 9.07. The SMILES string of the molecule is CCCCCCCCCCCCCCCCCC(O)Br. The molecular weight excluding hydrogens is 312 g/mol. The van der Waals surface area contributed by atoms with Crippen LogP contribution in [-0.4, -0.2) is 10.1 Å². The Morgan fingerprint density at radius 2 is 0.900 bits per heavy atom. The molecule has 0 spiro atoms. The minimum absolute atomic E-state index is 0.288. The number of aliphatic hydroxyl groups is 1. The van der Waals surface area contributed by atoms with Crippen molar-refractivity contribution in [3.05, 3.63) is 0 Å². The highest BCUT2D eigenvalue weighted by molar-refractivity contribution is 9.09. The summed E-state index contributed by atoms with van der Waals surface area (Å²) < 4.78 is 0. The average molecular weight is 349 g/mol. The van der Waals surface area contributed by atoms with Gasteiger partial charge in [-0.1, -0.05) is 113 Å². The van der Waals surface area contributed by atoms with Gasteiger partial charge in [0.05, 0.1) is 0 Å². The summed E-state index contributed by atoms with van der Waals surface area (Å²) in [6.45, 7) is 2.28. The molecule has 0 saturated heterocycles. The first kappa shape index (κ1) is 20.4. The zero-order valence-electron chi connectivity index (χ0n) is 13.7. The molecule has 0 amide bonds. The zero-order valence-corrected chi connectivity index (χ0v) is 15.3. The van der Waals surface area contributed by atoms with Gasteiger partial charge in [0.2, 0.25) is 0 Å². The first-order valence-electron chi connectivity index (χ1n) is 9.09. The first-order valence-corrected chi connectivity index (χ1v) is 10.0. The summed E-state index contributed by atoms with van der Waals surface area (Å²) in [6, 6.07) is 0. The van der Waals surface area contributed by atoms with Crippen molar-refractivity contribution in [2.24, 2.45) is 0 Å². The lowest BCUT2D eigenvalue weighted by Crippen LogP contribution is -1.93. The quantitative estimate of drug-likeness (QED) is 0.236. The van der Waals surface area contributed by atoms with Crippen LogP contribution in [0.3, 0.4) is 0 Å². The van der Waals surface area contributed by atoms with E-state index >= 15 is 0 Å². The summed E-state index contributed by atoms with van der Waals surface area (Å²) >= 11 is 3.17. The summed E-state index contributed by atoms with van der Waals surface area (Å²) in [7, 11) is 0. The predicted molar refractivity (Wildman–Crippen MR) is 94.5 cm³/mol. The van der Waals surface area contributed by atoms with E-state index in [-0.39, 0.29) is 5.01 Å². The van der Waals surface area contributed by atoms with E-state index in [1.807, 2.05) is 0 Å². The minimum atomic E-state index is -0.288. The van der Waals surface area contributed by atoms with Crippen LogP contribution in [0.1, 0.15) is 110 Å². The Morgan fingerprint density at radius 1 is 0.600 bits per heavy atom. The third kappa shape index (κ3) is 18.4. The third-order valence-electron chi connectivity index (χ3n) is 4.05. The lowest BCUT2D eigenvalue weighted by atomic mass is 10.0. The number of aliphatic hydroxyl groups excluding tert-OH is 1. The van der Waals surface area contributed by atoms with Gasteiger partial charge in [0, 0.05) is 0 Å². The second-order valence-corrected chi connectivity index (χ2v) is 7.23. The van der Waals surface area contributed by atoms with E-state index in [4.69, 9.17) is 5.11 Å². The van der Waals surface area contributed by atoms with Gasteiger partial charge < -0.3 is 5.11 Å². The van der Waals surface area contributed by atoms with Crippen LogP contribution in [0.15, 0.2) is 0 Å². The summed E-state index contributed by atoms with van der Waals surface area (Å²) in [5.41, 5.74) is 0. The fourth-order valence-electron chi connectivity index (χ4n) is 2.68. The van der Waals surface area contributed by atoms with Crippen molar-refractivity contribution >= 4 is 15.9 Å². The average Bonchev–Trinajstić information content (AvgIpc) is 2.43. The first-order chi connectivity index (χ1) is 9.77. The Labute approximate surface area is 136 Å². The van der Waals surface area contributed by atoms with E-state index in [1.54, 1.807) is 0 Å². The van der Waals surface area contributed by atoms with E-state index in [0.29, 0.717) is 0 Å². The standard InChI is InChI=1S/C18H37BrO/c1-2-3-4-5-6-7-8-9-10-11-12-13-14-15-16-17-18(19)20/h18,20H,2-17H2,1H3. The molecule has 1 atom stereocenters. The van der Waals surface area contributed by atoms with Gasteiger partial charge in [-0.05, 0) is 12.8 Å². The van der Waals surface area contributed by atoms with Crippen LogP contribution in [0.2, 0.25) is 0 Å². The highest BCUT2D eigenvalue weighted by Crippen LogP contribution is 2.14. The van der Waals surface area contributed by atoms with Crippen LogP contribution >= 0.6 is 15.9 Å². The maximum absolute atomic E-state index is 9.07. The number of halogens is 1. The Bertz CT molecular complexity index is 171. The molecule has 0 rings (SSSR count). The van der Waals surface area contributed by atoms with E-state index in [2.05, 4.69) is 22.9 Å². The molecule has 0 bridgehead atoms. The Kier molecular flexibility index (Phi) is 17.9. The van der Waals surface area contributed by atoms with Crippen LogP contribution in [0.25, 0.3) is 0 Å². The molecule has 0 aromatic rings. The Balaban J connectivity index is 2.92. The molecular formula is C18H37BrO. The molecule has 0 fully saturated rings. The smallest absolute Gasteiger partial charge is 0.109 e. The molecule has 1 N–H and O–H groups in total. The zero-order chi connectivity index (χ0) is 14.9. The fraction of sp³-hybridized carbons (Fsp3) is 1.00. The number of hydrogen-bond acceptors (Lipinski definition) is 1. The number of unbranched alkanes of at least 4 members (excludes halogenated alkanes) is 14.